The summed E-state index contributed by atoms with van der Waals surface area (Å²) in [4.78, 5) is 0. The zero-order valence-electron chi connectivity index (χ0n) is 22.2. The average molecular weight is 483 g/mol. The van der Waals surface area contributed by atoms with E-state index in [1.54, 1.807) is 0 Å². The Labute approximate surface area is 221 Å². The van der Waals surface area contributed by atoms with Gasteiger partial charge in [0.05, 0.1) is 0 Å². The predicted molar refractivity (Wildman–Crippen MR) is 165 cm³/mol. The van der Waals surface area contributed by atoms with E-state index in [1.165, 1.54) is 124 Å². The molecule has 0 bridgehead atoms. The Morgan fingerprint density at radius 3 is 1.49 bits per heavy atom. The van der Waals surface area contributed by atoms with E-state index in [1.807, 2.05) is 0 Å². The number of hydrogen-bond acceptors (Lipinski definition) is 0. The van der Waals surface area contributed by atoms with Gasteiger partial charge < -0.3 is 0 Å². The van der Waals surface area contributed by atoms with E-state index in [2.05, 4.69) is 97.9 Å². The summed E-state index contributed by atoms with van der Waals surface area (Å²) < 4.78 is 0. The summed E-state index contributed by atoms with van der Waals surface area (Å²) in [6.45, 7) is 2.29. The van der Waals surface area contributed by atoms with Gasteiger partial charge in [0.1, 0.15) is 0 Å². The molecule has 0 heteroatoms. The van der Waals surface area contributed by atoms with Gasteiger partial charge in [0.2, 0.25) is 0 Å². The third kappa shape index (κ3) is 4.82. The molecule has 0 saturated carbocycles. The first-order chi connectivity index (χ1) is 18.3. The molecule has 0 aromatic heterocycles. The molecule has 0 amide bonds. The van der Waals surface area contributed by atoms with Crippen LogP contribution in [0, 0.1) is 0 Å². The third-order valence-electron chi connectivity index (χ3n) is 8.37. The van der Waals surface area contributed by atoms with Crippen LogP contribution in [0.4, 0.5) is 0 Å². The van der Waals surface area contributed by atoms with Crippen molar-refractivity contribution in [3.63, 3.8) is 0 Å². The maximum absolute atomic E-state index is 2.43. The van der Waals surface area contributed by atoms with E-state index in [0.717, 1.165) is 0 Å². The first-order valence-electron chi connectivity index (χ1n) is 14.5. The van der Waals surface area contributed by atoms with Crippen LogP contribution in [0.1, 0.15) is 70.3 Å². The van der Waals surface area contributed by atoms with Crippen LogP contribution in [-0.4, -0.2) is 0 Å². The van der Waals surface area contributed by atoms with Crippen LogP contribution in [0.2, 0.25) is 0 Å². The lowest BCUT2D eigenvalue weighted by atomic mass is 9.92. The maximum Gasteiger partial charge on any atom is -0.00987 e. The summed E-state index contributed by atoms with van der Waals surface area (Å²) in [5.41, 5.74) is 1.48. The molecule has 6 rings (SSSR count). The molecule has 0 aliphatic rings. The molecule has 0 fully saturated rings. The smallest absolute Gasteiger partial charge is 0.00987 e. The van der Waals surface area contributed by atoms with Crippen molar-refractivity contribution in [1.29, 1.82) is 0 Å². The SMILES string of the molecule is CCCCCCCCCCCc1ccc2c(ccc3c2ccc2c4ccc5ccccc5c4ccc32)c1. The number of hydrogen-bond donors (Lipinski definition) is 0. The van der Waals surface area contributed by atoms with Gasteiger partial charge in [0.15, 0.2) is 0 Å². The molecule has 0 radical (unpaired) electrons. The van der Waals surface area contributed by atoms with Gasteiger partial charge in [-0.05, 0) is 72.3 Å². The zero-order chi connectivity index (χ0) is 25.0. The zero-order valence-corrected chi connectivity index (χ0v) is 22.2. The van der Waals surface area contributed by atoms with Gasteiger partial charge in [-0.3, -0.25) is 0 Å². The fraction of sp³-hybridized carbons (Fsp3) is 0.297. The van der Waals surface area contributed by atoms with Crippen molar-refractivity contribution in [2.24, 2.45) is 0 Å². The van der Waals surface area contributed by atoms with E-state index in [9.17, 15) is 0 Å². The van der Waals surface area contributed by atoms with Gasteiger partial charge in [-0.1, -0.05) is 149 Å². The van der Waals surface area contributed by atoms with Crippen LogP contribution in [0.5, 0.6) is 0 Å². The summed E-state index contributed by atoms with van der Waals surface area (Å²) in [5.74, 6) is 0. The second-order valence-electron chi connectivity index (χ2n) is 10.9. The summed E-state index contributed by atoms with van der Waals surface area (Å²) in [7, 11) is 0. The molecule has 0 heterocycles. The van der Waals surface area contributed by atoms with Crippen molar-refractivity contribution in [2.45, 2.75) is 71.1 Å². The Balaban J connectivity index is 1.23. The summed E-state index contributed by atoms with van der Waals surface area (Å²) in [6.07, 6.45) is 13.7. The molecule has 0 spiro atoms. The lowest BCUT2D eigenvalue weighted by molar-refractivity contribution is 0.565. The third-order valence-corrected chi connectivity index (χ3v) is 8.37. The minimum absolute atomic E-state index is 1.20. The topological polar surface area (TPSA) is 0 Å². The highest BCUT2D eigenvalue weighted by atomic mass is 14.1. The van der Waals surface area contributed by atoms with Crippen LogP contribution in [0.15, 0.2) is 91.0 Å². The molecule has 0 aliphatic carbocycles. The van der Waals surface area contributed by atoms with Crippen molar-refractivity contribution in [3.05, 3.63) is 96.6 Å². The summed E-state index contributed by atoms with van der Waals surface area (Å²) in [5, 5.41) is 13.5. The molecule has 0 atom stereocenters. The van der Waals surface area contributed by atoms with Crippen molar-refractivity contribution >= 4 is 53.9 Å². The molecule has 0 nitrogen and oxygen atoms in total. The molecular weight excluding hydrogens is 444 g/mol. The van der Waals surface area contributed by atoms with Crippen LogP contribution in [0.25, 0.3) is 53.9 Å². The number of unbranched alkanes of at least 4 members (excludes halogenated alkanes) is 8. The summed E-state index contributed by atoms with van der Waals surface area (Å²) >= 11 is 0. The highest BCUT2D eigenvalue weighted by Gasteiger charge is 2.09. The predicted octanol–water partition coefficient (Wildman–Crippen LogP) is 11.5. The van der Waals surface area contributed by atoms with Gasteiger partial charge >= 0.3 is 0 Å². The first kappa shape index (κ1) is 24.0. The standard InChI is InChI=1S/C37H38/c1-2-3-4-5-6-7-8-9-10-13-27-16-19-31-29(26-27)18-21-35-33(31)23-25-36-34-20-17-28-14-11-12-15-30(28)32(34)22-24-37(35)36/h11-12,14-26H,2-10,13H2,1H3. The maximum atomic E-state index is 2.43. The number of fused-ring (bicyclic) bond motifs is 9. The van der Waals surface area contributed by atoms with Crippen molar-refractivity contribution in [2.75, 3.05) is 0 Å². The van der Waals surface area contributed by atoms with Crippen LogP contribution >= 0.6 is 0 Å². The molecule has 0 unspecified atom stereocenters. The minimum atomic E-state index is 1.20. The fourth-order valence-electron chi connectivity index (χ4n) is 6.31. The molecule has 0 N–H and O–H groups in total. The molecule has 0 aliphatic heterocycles. The normalized spacial score (nSPS) is 11.9. The molecular formula is C37H38. The molecule has 0 saturated heterocycles. The average Bonchev–Trinajstić information content (AvgIpc) is 2.95. The monoisotopic (exact) mass is 482 g/mol. The second kappa shape index (κ2) is 10.9. The Hall–Kier alpha value is -3.38. The molecule has 6 aromatic carbocycles. The van der Waals surface area contributed by atoms with E-state index >= 15 is 0 Å². The van der Waals surface area contributed by atoms with E-state index in [4.69, 9.17) is 0 Å². The van der Waals surface area contributed by atoms with Crippen LogP contribution < -0.4 is 0 Å². The van der Waals surface area contributed by atoms with E-state index in [-0.39, 0.29) is 0 Å². The quantitative estimate of drug-likeness (QED) is 0.134. The Bertz CT molecular complexity index is 1690. The lowest BCUT2D eigenvalue weighted by Gasteiger charge is -2.12. The van der Waals surface area contributed by atoms with E-state index < -0.39 is 0 Å². The Kier molecular flexibility index (Phi) is 7.09. The second-order valence-corrected chi connectivity index (χ2v) is 10.9. The highest BCUT2D eigenvalue weighted by molar-refractivity contribution is 6.24. The first-order valence-corrected chi connectivity index (χ1v) is 14.5. The van der Waals surface area contributed by atoms with Gasteiger partial charge in [-0.15, -0.1) is 0 Å². The van der Waals surface area contributed by atoms with Gasteiger partial charge in [0.25, 0.3) is 0 Å². The van der Waals surface area contributed by atoms with E-state index in [0.29, 0.717) is 0 Å². The van der Waals surface area contributed by atoms with Crippen molar-refractivity contribution in [1.82, 2.24) is 0 Å². The minimum Gasteiger partial charge on any atom is -0.0654 e. The number of rotatable bonds is 10. The van der Waals surface area contributed by atoms with Gasteiger partial charge in [-0.2, -0.15) is 0 Å². The summed E-state index contributed by atoms with van der Waals surface area (Å²) in [6, 6.07) is 34.4. The molecule has 37 heavy (non-hydrogen) atoms. The van der Waals surface area contributed by atoms with Crippen molar-refractivity contribution < 1.29 is 0 Å². The van der Waals surface area contributed by atoms with Crippen LogP contribution in [0.3, 0.4) is 0 Å². The van der Waals surface area contributed by atoms with Gasteiger partial charge in [-0.25, -0.2) is 0 Å². The Morgan fingerprint density at radius 2 is 0.838 bits per heavy atom. The number of benzene rings is 6. The molecule has 6 aromatic rings. The van der Waals surface area contributed by atoms with Crippen molar-refractivity contribution in [3.8, 4) is 0 Å². The fourth-order valence-corrected chi connectivity index (χ4v) is 6.31. The Morgan fingerprint density at radius 1 is 0.378 bits per heavy atom. The number of aryl methyl sites for hydroxylation is 1. The largest absolute Gasteiger partial charge is 0.0654 e. The highest BCUT2D eigenvalue weighted by Crippen LogP contribution is 2.37. The lowest BCUT2D eigenvalue weighted by Crippen LogP contribution is -1.88. The van der Waals surface area contributed by atoms with Crippen LogP contribution in [-0.2, 0) is 6.42 Å². The van der Waals surface area contributed by atoms with Gasteiger partial charge in [0, 0.05) is 0 Å². The molecule has 186 valence electrons.